The van der Waals surface area contributed by atoms with E-state index in [9.17, 15) is 0 Å². The Morgan fingerprint density at radius 3 is 2.94 bits per heavy atom. The summed E-state index contributed by atoms with van der Waals surface area (Å²) in [6, 6.07) is 0. The first-order valence-corrected chi connectivity index (χ1v) is 12.9. The fraction of sp³-hybridized carbons (Fsp3) is 0.600. The lowest BCUT2D eigenvalue weighted by Crippen LogP contribution is -2.40. The minimum atomic E-state index is 0.617. The van der Waals surface area contributed by atoms with E-state index in [2.05, 4.69) is 82.8 Å². The van der Waals surface area contributed by atoms with Gasteiger partial charge < -0.3 is 10.2 Å². The van der Waals surface area contributed by atoms with Crippen molar-refractivity contribution < 1.29 is 0 Å². The molecule has 5 nitrogen and oxygen atoms in total. The smallest absolute Gasteiger partial charge is 0.171 e. The average molecular weight is 525 g/mol. The highest BCUT2D eigenvalue weighted by Gasteiger charge is 2.21. The third-order valence-electron chi connectivity index (χ3n) is 5.79. The van der Waals surface area contributed by atoms with Crippen LogP contribution in [0.15, 0.2) is 44.5 Å². The van der Waals surface area contributed by atoms with Crippen LogP contribution in [0.25, 0.3) is 5.82 Å². The van der Waals surface area contributed by atoms with Crippen molar-refractivity contribution >= 4 is 45.9 Å². The molecule has 1 aliphatic rings. The Kier molecular flexibility index (Phi) is 11.8. The number of aliphatic imine (C=N–C) groups is 1. The summed E-state index contributed by atoms with van der Waals surface area (Å²) >= 11 is 9.97. The standard InChI is InChI=1S/C25H39BrClN5/c1-6-7-10-23(27)20(4)11-12-24(32-25(28-5)22(26)17-30-32)29-16-21-9-8-14-31(18-21)15-13-19(2)3/h7,10,12,17,19,21,29H,5-6,8-9,11,13-16,18H2,1-4H3/b10-7-,23-20-,24-12-. The van der Waals surface area contributed by atoms with Crippen molar-refractivity contribution in [3.63, 3.8) is 0 Å². The van der Waals surface area contributed by atoms with E-state index in [0.717, 1.165) is 52.7 Å². The molecule has 2 rings (SSSR count). The predicted molar refractivity (Wildman–Crippen MR) is 143 cm³/mol. The number of hydrogen-bond donors (Lipinski definition) is 1. The molecule has 0 saturated carbocycles. The minimum Gasteiger partial charge on any atom is -0.370 e. The lowest BCUT2D eigenvalue weighted by atomic mass is 9.97. The van der Waals surface area contributed by atoms with Crippen molar-refractivity contribution in [2.45, 2.75) is 59.8 Å². The Labute approximate surface area is 207 Å². The highest BCUT2D eigenvalue weighted by Crippen LogP contribution is 2.27. The monoisotopic (exact) mass is 523 g/mol. The lowest BCUT2D eigenvalue weighted by Gasteiger charge is -2.33. The van der Waals surface area contributed by atoms with Gasteiger partial charge in [0.2, 0.25) is 0 Å². The molecular formula is C25H39BrClN5. The summed E-state index contributed by atoms with van der Waals surface area (Å²) in [7, 11) is 0. The Morgan fingerprint density at radius 2 is 2.25 bits per heavy atom. The Balaban J connectivity index is 2.13. The largest absolute Gasteiger partial charge is 0.370 e. The van der Waals surface area contributed by atoms with Crippen molar-refractivity contribution in [2.24, 2.45) is 16.8 Å². The van der Waals surface area contributed by atoms with Gasteiger partial charge in [0, 0.05) is 18.1 Å². The number of nitrogens with zero attached hydrogens (tertiary/aromatic N) is 4. The molecule has 32 heavy (non-hydrogen) atoms. The fourth-order valence-electron chi connectivity index (χ4n) is 3.80. The maximum absolute atomic E-state index is 6.45. The maximum atomic E-state index is 6.45. The minimum absolute atomic E-state index is 0.617. The first kappa shape index (κ1) is 26.9. The number of aromatic nitrogens is 2. The number of halogens is 2. The van der Waals surface area contributed by atoms with Crippen LogP contribution in [0.2, 0.25) is 0 Å². The van der Waals surface area contributed by atoms with Crippen LogP contribution < -0.4 is 5.32 Å². The normalized spacial score (nSPS) is 19.0. The van der Waals surface area contributed by atoms with Crippen LogP contribution in [-0.4, -0.2) is 47.6 Å². The zero-order chi connectivity index (χ0) is 23.5. The van der Waals surface area contributed by atoms with Gasteiger partial charge in [-0.05, 0) is 98.8 Å². The third-order valence-corrected chi connectivity index (χ3v) is 6.79. The number of rotatable bonds is 12. The Morgan fingerprint density at radius 1 is 1.47 bits per heavy atom. The SMILES string of the molecule is C=Nc1c(Br)cnn1/C(=C\C/C(C)=C(Cl)/C=C\CC)NCC1CCCN(CCC(C)C)C1. The lowest BCUT2D eigenvalue weighted by molar-refractivity contribution is 0.167. The van der Waals surface area contributed by atoms with Gasteiger partial charge in [-0.3, -0.25) is 0 Å². The molecule has 1 aliphatic heterocycles. The molecule has 7 heteroatoms. The molecule has 0 aliphatic carbocycles. The van der Waals surface area contributed by atoms with E-state index in [1.54, 1.807) is 6.20 Å². The van der Waals surface area contributed by atoms with Gasteiger partial charge in [0.25, 0.3) is 0 Å². The van der Waals surface area contributed by atoms with Gasteiger partial charge in [0.1, 0.15) is 5.82 Å². The fourth-order valence-corrected chi connectivity index (χ4v) is 4.35. The predicted octanol–water partition coefficient (Wildman–Crippen LogP) is 6.99. The molecular weight excluding hydrogens is 486 g/mol. The molecule has 1 saturated heterocycles. The molecule has 0 bridgehead atoms. The van der Waals surface area contributed by atoms with Gasteiger partial charge in [-0.1, -0.05) is 44.0 Å². The summed E-state index contributed by atoms with van der Waals surface area (Å²) in [6.07, 6.45) is 13.4. The highest BCUT2D eigenvalue weighted by molar-refractivity contribution is 9.10. The number of likely N-dealkylation sites (tertiary alicyclic amines) is 1. The highest BCUT2D eigenvalue weighted by atomic mass is 79.9. The quantitative estimate of drug-likeness (QED) is 0.237. The summed E-state index contributed by atoms with van der Waals surface area (Å²) in [5, 5.41) is 8.97. The van der Waals surface area contributed by atoms with E-state index in [0.29, 0.717) is 11.7 Å². The third kappa shape index (κ3) is 8.53. The van der Waals surface area contributed by atoms with E-state index in [4.69, 9.17) is 11.6 Å². The first-order chi connectivity index (χ1) is 15.3. The molecule has 0 spiro atoms. The van der Waals surface area contributed by atoms with Crippen molar-refractivity contribution in [3.05, 3.63) is 39.5 Å². The molecule has 0 aromatic carbocycles. The van der Waals surface area contributed by atoms with Crippen molar-refractivity contribution in [1.82, 2.24) is 20.0 Å². The van der Waals surface area contributed by atoms with Gasteiger partial charge in [0.15, 0.2) is 5.82 Å². The second-order valence-electron chi connectivity index (χ2n) is 8.99. The summed E-state index contributed by atoms with van der Waals surface area (Å²) in [6.45, 7) is 17.0. The van der Waals surface area contributed by atoms with Crippen molar-refractivity contribution in [2.75, 3.05) is 26.2 Å². The van der Waals surface area contributed by atoms with E-state index < -0.39 is 0 Å². The van der Waals surface area contributed by atoms with Crippen LogP contribution in [0, 0.1) is 11.8 Å². The van der Waals surface area contributed by atoms with Crippen LogP contribution in [-0.2, 0) is 0 Å². The summed E-state index contributed by atoms with van der Waals surface area (Å²) in [5.41, 5.74) is 1.12. The number of nitrogens with one attached hydrogen (secondary N) is 1. The van der Waals surface area contributed by atoms with Crippen molar-refractivity contribution in [3.8, 4) is 0 Å². The summed E-state index contributed by atoms with van der Waals surface area (Å²) in [5.74, 6) is 2.98. The molecule has 178 valence electrons. The molecule has 1 atom stereocenters. The number of hydrogen-bond acceptors (Lipinski definition) is 4. The zero-order valence-corrected chi connectivity index (χ0v) is 22.4. The molecule has 1 aromatic heterocycles. The van der Waals surface area contributed by atoms with Crippen LogP contribution in [0.1, 0.15) is 59.8 Å². The van der Waals surface area contributed by atoms with E-state index >= 15 is 0 Å². The van der Waals surface area contributed by atoms with Crippen LogP contribution in [0.3, 0.4) is 0 Å². The summed E-state index contributed by atoms with van der Waals surface area (Å²) in [4.78, 5) is 6.78. The van der Waals surface area contributed by atoms with Gasteiger partial charge in [0.05, 0.1) is 10.7 Å². The zero-order valence-electron chi connectivity index (χ0n) is 20.1. The van der Waals surface area contributed by atoms with E-state index in [-0.39, 0.29) is 0 Å². The maximum Gasteiger partial charge on any atom is 0.171 e. The van der Waals surface area contributed by atoms with Gasteiger partial charge in [-0.15, -0.1) is 0 Å². The van der Waals surface area contributed by atoms with Crippen LogP contribution in [0.4, 0.5) is 5.82 Å². The average Bonchev–Trinajstić information content (AvgIpc) is 3.16. The molecule has 1 aromatic rings. The summed E-state index contributed by atoms with van der Waals surface area (Å²) < 4.78 is 2.65. The van der Waals surface area contributed by atoms with E-state index in [1.807, 2.05) is 10.8 Å². The molecule has 2 heterocycles. The Hall–Kier alpha value is -1.37. The second kappa shape index (κ2) is 14.0. The topological polar surface area (TPSA) is 45.5 Å². The van der Waals surface area contributed by atoms with Gasteiger partial charge in [-0.2, -0.15) is 9.78 Å². The molecule has 0 radical (unpaired) electrons. The molecule has 1 unspecified atom stereocenters. The first-order valence-electron chi connectivity index (χ1n) is 11.7. The molecule has 0 amide bonds. The Bertz CT molecular complexity index is 824. The van der Waals surface area contributed by atoms with Crippen LogP contribution >= 0.6 is 27.5 Å². The number of allylic oxidation sites excluding steroid dienone is 5. The molecule has 1 N–H and O–H groups in total. The van der Waals surface area contributed by atoms with Crippen molar-refractivity contribution in [1.29, 1.82) is 0 Å². The van der Waals surface area contributed by atoms with Gasteiger partial charge >= 0.3 is 0 Å². The second-order valence-corrected chi connectivity index (χ2v) is 10.3. The van der Waals surface area contributed by atoms with Gasteiger partial charge in [-0.25, -0.2) is 4.99 Å². The molecule has 1 fully saturated rings. The number of piperidine rings is 1. The van der Waals surface area contributed by atoms with Crippen LogP contribution in [0.5, 0.6) is 0 Å². The van der Waals surface area contributed by atoms with E-state index in [1.165, 1.54) is 32.4 Å².